The lowest BCUT2D eigenvalue weighted by Crippen LogP contribution is -2.32. The summed E-state index contributed by atoms with van der Waals surface area (Å²) in [4.78, 5) is 23.0. The maximum absolute atomic E-state index is 12.0. The lowest BCUT2D eigenvalue weighted by atomic mass is 10.1. The molecule has 0 saturated carbocycles. The van der Waals surface area contributed by atoms with Gasteiger partial charge in [0.2, 0.25) is 5.91 Å². The highest BCUT2D eigenvalue weighted by Gasteiger charge is 2.17. The molecule has 1 fully saturated rings. The molecule has 0 spiro atoms. The highest BCUT2D eigenvalue weighted by molar-refractivity contribution is 6.01. The summed E-state index contributed by atoms with van der Waals surface area (Å²) in [6.07, 6.45) is 3.48. The van der Waals surface area contributed by atoms with Gasteiger partial charge in [0, 0.05) is 25.8 Å². The van der Waals surface area contributed by atoms with Crippen LogP contribution in [0.4, 0.5) is 5.69 Å². The fourth-order valence-electron chi connectivity index (χ4n) is 2.29. The summed E-state index contributed by atoms with van der Waals surface area (Å²) in [5.41, 5.74) is 1.41. The number of nitriles is 1. The van der Waals surface area contributed by atoms with Crippen LogP contribution in [0.15, 0.2) is 29.8 Å². The Hall–Kier alpha value is -2.65. The summed E-state index contributed by atoms with van der Waals surface area (Å²) in [5, 5.41) is 14.5. The highest BCUT2D eigenvalue weighted by atomic mass is 16.5. The molecule has 0 bridgehead atoms. The van der Waals surface area contributed by atoms with Crippen molar-refractivity contribution in [2.75, 3.05) is 18.5 Å². The maximum Gasteiger partial charge on any atom is 0.262 e. The maximum atomic E-state index is 12.0. The zero-order valence-electron chi connectivity index (χ0n) is 13.0. The van der Waals surface area contributed by atoms with Gasteiger partial charge in [0.1, 0.15) is 11.6 Å². The molecule has 2 rings (SSSR count). The fraction of sp³-hybridized carbons (Fsp3) is 0.353. The molecule has 6 heteroatoms. The normalized spacial score (nSPS) is 17.4. The van der Waals surface area contributed by atoms with Crippen molar-refractivity contribution < 1.29 is 14.3 Å². The Balaban J connectivity index is 1.98. The van der Waals surface area contributed by atoms with Gasteiger partial charge in [-0.15, -0.1) is 0 Å². The van der Waals surface area contributed by atoms with Gasteiger partial charge in [0.25, 0.3) is 5.91 Å². The van der Waals surface area contributed by atoms with Gasteiger partial charge in [0.15, 0.2) is 0 Å². The quantitative estimate of drug-likeness (QED) is 0.641. The van der Waals surface area contributed by atoms with Crippen LogP contribution in [-0.4, -0.2) is 31.1 Å². The molecule has 1 aliphatic heterocycles. The van der Waals surface area contributed by atoms with E-state index in [0.29, 0.717) is 17.8 Å². The number of nitrogens with one attached hydrogen (secondary N) is 2. The van der Waals surface area contributed by atoms with Crippen molar-refractivity contribution in [3.05, 3.63) is 35.4 Å². The van der Waals surface area contributed by atoms with Gasteiger partial charge in [-0.25, -0.2) is 0 Å². The van der Waals surface area contributed by atoms with Crippen molar-refractivity contribution in [1.29, 1.82) is 5.26 Å². The van der Waals surface area contributed by atoms with Crippen molar-refractivity contribution in [3.63, 3.8) is 0 Å². The number of carbonyl (C=O) groups excluding carboxylic acids is 2. The Morgan fingerprint density at radius 1 is 1.39 bits per heavy atom. The standard InChI is InChI=1S/C17H19N3O3/c1-12(21)20-15-6-4-13(5-7-15)9-14(10-18)17(22)19-11-16-3-2-8-23-16/h4-7,9,16H,2-3,8,11H2,1H3,(H,19,22)(H,20,21)/b14-9+/t16-/m0/s1. The lowest BCUT2D eigenvalue weighted by molar-refractivity contribution is -0.117. The molecule has 0 unspecified atom stereocenters. The minimum atomic E-state index is -0.408. The first-order valence-electron chi connectivity index (χ1n) is 7.47. The second kappa shape index (κ2) is 8.11. The van der Waals surface area contributed by atoms with E-state index in [1.54, 1.807) is 24.3 Å². The Bertz CT molecular complexity index is 638. The van der Waals surface area contributed by atoms with Gasteiger partial charge < -0.3 is 15.4 Å². The van der Waals surface area contributed by atoms with E-state index in [9.17, 15) is 9.59 Å². The van der Waals surface area contributed by atoms with Crippen molar-refractivity contribution in [2.45, 2.75) is 25.9 Å². The zero-order valence-corrected chi connectivity index (χ0v) is 13.0. The Morgan fingerprint density at radius 3 is 2.70 bits per heavy atom. The molecule has 1 aromatic rings. The second-order valence-electron chi connectivity index (χ2n) is 5.32. The predicted octanol–water partition coefficient (Wildman–Crippen LogP) is 1.85. The average Bonchev–Trinajstić information content (AvgIpc) is 3.04. The Kier molecular flexibility index (Phi) is 5.89. The lowest BCUT2D eigenvalue weighted by Gasteiger charge is -2.10. The number of carbonyl (C=O) groups is 2. The third-order valence-electron chi connectivity index (χ3n) is 3.42. The molecule has 120 valence electrons. The molecular weight excluding hydrogens is 294 g/mol. The first-order chi connectivity index (χ1) is 11.1. The topological polar surface area (TPSA) is 91.2 Å². The molecule has 1 atom stereocenters. The van der Waals surface area contributed by atoms with Crippen LogP contribution in [0.3, 0.4) is 0 Å². The number of anilines is 1. The first-order valence-corrected chi connectivity index (χ1v) is 7.47. The summed E-state index contributed by atoms with van der Waals surface area (Å²) < 4.78 is 5.43. The van der Waals surface area contributed by atoms with Crippen LogP contribution in [0.5, 0.6) is 0 Å². The fourth-order valence-corrected chi connectivity index (χ4v) is 2.29. The van der Waals surface area contributed by atoms with Crippen LogP contribution in [0.25, 0.3) is 6.08 Å². The van der Waals surface area contributed by atoms with Crippen molar-refractivity contribution in [2.24, 2.45) is 0 Å². The molecule has 0 aliphatic carbocycles. The van der Waals surface area contributed by atoms with Crippen molar-refractivity contribution in [1.82, 2.24) is 5.32 Å². The van der Waals surface area contributed by atoms with E-state index in [0.717, 1.165) is 19.4 Å². The van der Waals surface area contributed by atoms with E-state index in [1.165, 1.54) is 13.0 Å². The summed E-state index contributed by atoms with van der Waals surface area (Å²) in [6, 6.07) is 8.80. The Labute approximate surface area is 135 Å². The third kappa shape index (κ3) is 5.24. The van der Waals surface area contributed by atoms with Gasteiger partial charge in [-0.05, 0) is 36.6 Å². The van der Waals surface area contributed by atoms with E-state index >= 15 is 0 Å². The van der Waals surface area contributed by atoms with Gasteiger partial charge in [0.05, 0.1) is 6.10 Å². The SMILES string of the molecule is CC(=O)Nc1ccc(/C=C(\C#N)C(=O)NC[C@@H]2CCCO2)cc1. The van der Waals surface area contributed by atoms with E-state index in [1.807, 2.05) is 6.07 Å². The molecule has 6 nitrogen and oxygen atoms in total. The van der Waals surface area contributed by atoms with E-state index in [4.69, 9.17) is 10.00 Å². The zero-order chi connectivity index (χ0) is 16.7. The summed E-state index contributed by atoms with van der Waals surface area (Å²) in [6.45, 7) is 2.57. The van der Waals surface area contributed by atoms with E-state index in [-0.39, 0.29) is 17.6 Å². The first kappa shape index (κ1) is 16.7. The summed E-state index contributed by atoms with van der Waals surface area (Å²) in [7, 11) is 0. The van der Waals surface area contributed by atoms with Gasteiger partial charge in [-0.3, -0.25) is 9.59 Å². The molecule has 1 heterocycles. The molecule has 2 N–H and O–H groups in total. The number of hydrogen-bond donors (Lipinski definition) is 2. The molecule has 1 aliphatic rings. The number of benzene rings is 1. The smallest absolute Gasteiger partial charge is 0.262 e. The average molecular weight is 313 g/mol. The predicted molar refractivity (Wildman–Crippen MR) is 86.3 cm³/mol. The van der Waals surface area contributed by atoms with Crippen LogP contribution >= 0.6 is 0 Å². The van der Waals surface area contributed by atoms with Crippen molar-refractivity contribution in [3.8, 4) is 6.07 Å². The molecule has 0 aromatic heterocycles. The summed E-state index contributed by atoms with van der Waals surface area (Å²) in [5.74, 6) is -0.562. The molecule has 2 amide bonds. The number of ether oxygens (including phenoxy) is 1. The molecule has 0 radical (unpaired) electrons. The second-order valence-corrected chi connectivity index (χ2v) is 5.32. The van der Waals surface area contributed by atoms with Gasteiger partial charge in [-0.2, -0.15) is 5.26 Å². The number of rotatable bonds is 5. The number of amides is 2. The minimum Gasteiger partial charge on any atom is -0.376 e. The van der Waals surface area contributed by atoms with Crippen LogP contribution in [-0.2, 0) is 14.3 Å². The van der Waals surface area contributed by atoms with Crippen LogP contribution < -0.4 is 10.6 Å². The largest absolute Gasteiger partial charge is 0.376 e. The van der Waals surface area contributed by atoms with E-state index < -0.39 is 5.91 Å². The highest BCUT2D eigenvalue weighted by Crippen LogP contribution is 2.13. The molecular formula is C17H19N3O3. The molecule has 1 saturated heterocycles. The van der Waals surface area contributed by atoms with Crippen LogP contribution in [0, 0.1) is 11.3 Å². The van der Waals surface area contributed by atoms with Gasteiger partial charge >= 0.3 is 0 Å². The molecule has 23 heavy (non-hydrogen) atoms. The third-order valence-corrected chi connectivity index (χ3v) is 3.42. The minimum absolute atomic E-state index is 0.0373. The summed E-state index contributed by atoms with van der Waals surface area (Å²) >= 11 is 0. The van der Waals surface area contributed by atoms with Crippen LogP contribution in [0.2, 0.25) is 0 Å². The van der Waals surface area contributed by atoms with Crippen molar-refractivity contribution >= 4 is 23.6 Å². The molecule has 1 aromatic carbocycles. The number of nitrogens with zero attached hydrogens (tertiary/aromatic N) is 1. The van der Waals surface area contributed by atoms with E-state index in [2.05, 4.69) is 10.6 Å². The van der Waals surface area contributed by atoms with Gasteiger partial charge in [-0.1, -0.05) is 12.1 Å². The Morgan fingerprint density at radius 2 is 2.13 bits per heavy atom. The monoisotopic (exact) mass is 313 g/mol. The van der Waals surface area contributed by atoms with Crippen LogP contribution in [0.1, 0.15) is 25.3 Å². The number of hydrogen-bond acceptors (Lipinski definition) is 4.